The standard InChI is InChI=1S/C18H34N2O2Si/c1-15-19-14-16(20(15)5)17(21)12-10-8-9-11-13-22-23(6,7)18(2,3)4/h14H,8-13H2,1-7H3. The first-order valence-electron chi connectivity index (χ1n) is 8.72. The molecule has 0 unspecified atom stereocenters. The van der Waals surface area contributed by atoms with Crippen LogP contribution in [0, 0.1) is 6.92 Å². The third kappa shape index (κ3) is 5.88. The highest BCUT2D eigenvalue weighted by Crippen LogP contribution is 2.36. The van der Waals surface area contributed by atoms with Crippen LogP contribution in [0.25, 0.3) is 0 Å². The van der Waals surface area contributed by atoms with E-state index in [1.165, 1.54) is 0 Å². The van der Waals surface area contributed by atoms with Gasteiger partial charge in [0.05, 0.1) is 6.20 Å². The van der Waals surface area contributed by atoms with E-state index in [4.69, 9.17) is 4.43 Å². The second kappa shape index (κ2) is 8.24. The summed E-state index contributed by atoms with van der Waals surface area (Å²) in [6.07, 6.45) is 6.55. The van der Waals surface area contributed by atoms with Crippen molar-refractivity contribution in [2.45, 2.75) is 77.9 Å². The Labute approximate surface area is 142 Å². The molecule has 0 saturated heterocycles. The van der Waals surface area contributed by atoms with E-state index in [0.717, 1.165) is 43.8 Å². The largest absolute Gasteiger partial charge is 0.417 e. The summed E-state index contributed by atoms with van der Waals surface area (Å²) in [6, 6.07) is 0. The number of hydrogen-bond acceptors (Lipinski definition) is 3. The summed E-state index contributed by atoms with van der Waals surface area (Å²) in [5.74, 6) is 1.08. The van der Waals surface area contributed by atoms with Gasteiger partial charge in [0, 0.05) is 20.1 Å². The molecule has 132 valence electrons. The first kappa shape index (κ1) is 20.1. The highest BCUT2D eigenvalue weighted by molar-refractivity contribution is 6.74. The van der Waals surface area contributed by atoms with Gasteiger partial charge in [0.25, 0.3) is 0 Å². The highest BCUT2D eigenvalue weighted by Gasteiger charge is 2.36. The fourth-order valence-electron chi connectivity index (χ4n) is 2.17. The van der Waals surface area contributed by atoms with Crippen molar-refractivity contribution in [3.8, 4) is 0 Å². The van der Waals surface area contributed by atoms with Gasteiger partial charge in [-0.15, -0.1) is 0 Å². The van der Waals surface area contributed by atoms with Gasteiger partial charge >= 0.3 is 0 Å². The lowest BCUT2D eigenvalue weighted by molar-refractivity contribution is 0.0971. The monoisotopic (exact) mass is 338 g/mol. The number of carbonyl (C=O) groups excluding carboxylic acids is 1. The molecule has 0 spiro atoms. The van der Waals surface area contributed by atoms with Gasteiger partial charge < -0.3 is 8.99 Å². The van der Waals surface area contributed by atoms with Crippen LogP contribution in [-0.2, 0) is 11.5 Å². The van der Waals surface area contributed by atoms with Crippen LogP contribution in [0.3, 0.4) is 0 Å². The Balaban J connectivity index is 2.17. The van der Waals surface area contributed by atoms with E-state index in [1.54, 1.807) is 6.20 Å². The molecule has 0 atom stereocenters. The van der Waals surface area contributed by atoms with E-state index in [0.29, 0.717) is 6.42 Å². The maximum absolute atomic E-state index is 12.1. The molecule has 0 fully saturated rings. The van der Waals surface area contributed by atoms with Crippen molar-refractivity contribution in [1.82, 2.24) is 9.55 Å². The van der Waals surface area contributed by atoms with Gasteiger partial charge in [-0.25, -0.2) is 4.98 Å². The number of hydrogen-bond donors (Lipinski definition) is 0. The minimum absolute atomic E-state index is 0.200. The number of imidazole rings is 1. The molecular formula is C18H34N2O2Si. The summed E-state index contributed by atoms with van der Waals surface area (Å²) >= 11 is 0. The Kier molecular flexibility index (Phi) is 7.20. The van der Waals surface area contributed by atoms with E-state index in [9.17, 15) is 4.79 Å². The van der Waals surface area contributed by atoms with Crippen molar-refractivity contribution >= 4 is 14.1 Å². The summed E-state index contributed by atoms with van der Waals surface area (Å²) in [6.45, 7) is 14.2. The molecule has 0 N–H and O–H groups in total. The lowest BCUT2D eigenvalue weighted by Gasteiger charge is -2.36. The van der Waals surface area contributed by atoms with Gasteiger partial charge in [-0.3, -0.25) is 4.79 Å². The van der Waals surface area contributed by atoms with Gasteiger partial charge in [-0.05, 0) is 37.9 Å². The van der Waals surface area contributed by atoms with Crippen molar-refractivity contribution < 1.29 is 9.22 Å². The lowest BCUT2D eigenvalue weighted by atomic mass is 10.1. The van der Waals surface area contributed by atoms with Crippen molar-refractivity contribution in [2.75, 3.05) is 6.61 Å². The van der Waals surface area contributed by atoms with E-state index >= 15 is 0 Å². The molecule has 1 heterocycles. The zero-order valence-electron chi connectivity index (χ0n) is 16.0. The van der Waals surface area contributed by atoms with Gasteiger partial charge in [0.15, 0.2) is 14.1 Å². The lowest BCUT2D eigenvalue weighted by Crippen LogP contribution is -2.40. The Bertz CT molecular complexity index is 516. The molecule has 1 rings (SSSR count). The van der Waals surface area contributed by atoms with Crippen LogP contribution in [0.2, 0.25) is 18.1 Å². The van der Waals surface area contributed by atoms with Crippen LogP contribution >= 0.6 is 0 Å². The Morgan fingerprint density at radius 3 is 2.35 bits per heavy atom. The third-order valence-electron chi connectivity index (χ3n) is 5.07. The number of carbonyl (C=O) groups is 1. The SMILES string of the molecule is Cc1ncc(C(=O)CCCCCCO[Si](C)(C)C(C)(C)C)n1C. The molecule has 0 aliphatic rings. The first-order valence-corrected chi connectivity index (χ1v) is 11.6. The summed E-state index contributed by atoms with van der Waals surface area (Å²) in [7, 11) is 0.293. The van der Waals surface area contributed by atoms with E-state index in [1.807, 2.05) is 18.5 Å². The molecule has 23 heavy (non-hydrogen) atoms. The summed E-state index contributed by atoms with van der Waals surface area (Å²) in [5.41, 5.74) is 0.726. The van der Waals surface area contributed by atoms with Crippen LogP contribution in [0.1, 0.15) is 69.2 Å². The maximum Gasteiger partial charge on any atom is 0.191 e. The smallest absolute Gasteiger partial charge is 0.191 e. The Morgan fingerprint density at radius 2 is 1.83 bits per heavy atom. The number of nitrogens with zero attached hydrogens (tertiary/aromatic N) is 2. The zero-order chi connectivity index (χ0) is 17.7. The zero-order valence-corrected chi connectivity index (χ0v) is 17.0. The van der Waals surface area contributed by atoms with Crippen molar-refractivity contribution in [1.29, 1.82) is 0 Å². The molecule has 1 aromatic rings. The molecule has 0 bridgehead atoms. The average molecular weight is 339 g/mol. The molecule has 0 aliphatic heterocycles. The fraction of sp³-hybridized carbons (Fsp3) is 0.778. The number of aryl methyl sites for hydroxylation is 1. The van der Waals surface area contributed by atoms with Crippen LogP contribution in [0.5, 0.6) is 0 Å². The van der Waals surface area contributed by atoms with Crippen molar-refractivity contribution in [3.05, 3.63) is 17.7 Å². The van der Waals surface area contributed by atoms with Crippen molar-refractivity contribution in [2.24, 2.45) is 7.05 Å². The number of Topliss-reactive ketones (excluding diaryl/α,β-unsaturated/α-hetero) is 1. The minimum atomic E-state index is -1.60. The van der Waals surface area contributed by atoms with E-state index in [-0.39, 0.29) is 10.8 Å². The van der Waals surface area contributed by atoms with Crippen LogP contribution in [0.15, 0.2) is 6.20 Å². The second-order valence-corrected chi connectivity index (χ2v) is 12.8. The van der Waals surface area contributed by atoms with E-state index in [2.05, 4.69) is 38.8 Å². The summed E-state index contributed by atoms with van der Waals surface area (Å²) < 4.78 is 8.04. The molecule has 0 aliphatic carbocycles. The fourth-order valence-corrected chi connectivity index (χ4v) is 3.26. The molecular weight excluding hydrogens is 304 g/mol. The number of aromatic nitrogens is 2. The Hall–Kier alpha value is -0.943. The van der Waals surface area contributed by atoms with E-state index < -0.39 is 8.32 Å². The molecule has 0 amide bonds. The average Bonchev–Trinajstić information content (AvgIpc) is 2.76. The number of ketones is 1. The topological polar surface area (TPSA) is 44.1 Å². The van der Waals surface area contributed by atoms with Crippen molar-refractivity contribution in [3.63, 3.8) is 0 Å². The molecule has 0 radical (unpaired) electrons. The second-order valence-electron chi connectivity index (χ2n) is 7.95. The molecule has 4 nitrogen and oxygen atoms in total. The van der Waals surface area contributed by atoms with Gasteiger partial charge in [-0.2, -0.15) is 0 Å². The predicted molar refractivity (Wildman–Crippen MR) is 98.5 cm³/mol. The quantitative estimate of drug-likeness (QED) is 0.366. The first-order chi connectivity index (χ1) is 10.6. The molecule has 5 heteroatoms. The van der Waals surface area contributed by atoms with Gasteiger partial charge in [0.2, 0.25) is 0 Å². The minimum Gasteiger partial charge on any atom is -0.417 e. The number of rotatable bonds is 9. The predicted octanol–water partition coefficient (Wildman–Crippen LogP) is 4.88. The number of unbranched alkanes of at least 4 members (excludes halogenated alkanes) is 3. The van der Waals surface area contributed by atoms with Crippen LogP contribution < -0.4 is 0 Å². The summed E-state index contributed by atoms with van der Waals surface area (Å²) in [4.78, 5) is 16.3. The highest BCUT2D eigenvalue weighted by atomic mass is 28.4. The maximum atomic E-state index is 12.1. The molecule has 1 aromatic heterocycles. The molecule has 0 saturated carbocycles. The third-order valence-corrected chi connectivity index (χ3v) is 9.61. The normalized spacial score (nSPS) is 12.7. The van der Waals surface area contributed by atoms with Gasteiger partial charge in [-0.1, -0.05) is 33.6 Å². The Morgan fingerprint density at radius 1 is 1.22 bits per heavy atom. The molecule has 0 aromatic carbocycles. The summed E-state index contributed by atoms with van der Waals surface area (Å²) in [5, 5.41) is 0.278. The van der Waals surface area contributed by atoms with Crippen LogP contribution in [0.4, 0.5) is 0 Å². The van der Waals surface area contributed by atoms with Gasteiger partial charge in [0.1, 0.15) is 11.5 Å². The van der Waals surface area contributed by atoms with Crippen LogP contribution in [-0.4, -0.2) is 30.3 Å².